The summed E-state index contributed by atoms with van der Waals surface area (Å²) in [6.07, 6.45) is 4.62. The lowest BCUT2D eigenvalue weighted by atomic mass is 10.2. The van der Waals surface area contributed by atoms with E-state index in [1.807, 2.05) is 0 Å². The number of nitrogens with two attached hydrogens (primary N) is 1. The first-order valence-corrected chi connectivity index (χ1v) is 5.65. The van der Waals surface area contributed by atoms with Crippen molar-refractivity contribution in [3.8, 4) is 0 Å². The second-order valence-corrected chi connectivity index (χ2v) is 3.96. The molecular formula is C10H17N3OS. The van der Waals surface area contributed by atoms with Gasteiger partial charge in [0.2, 0.25) is 0 Å². The zero-order valence-electron chi connectivity index (χ0n) is 8.95. The monoisotopic (exact) mass is 227 g/mol. The molecule has 0 radical (unpaired) electrons. The van der Waals surface area contributed by atoms with Crippen molar-refractivity contribution in [2.75, 3.05) is 5.73 Å². The maximum absolute atomic E-state index is 11.0. The second kappa shape index (κ2) is 5.70. The largest absolute Gasteiger partial charge is 0.385 e. The Hall–Kier alpha value is -1.10. The normalized spacial score (nSPS) is 10.5. The maximum Gasteiger partial charge on any atom is 0.253 e. The van der Waals surface area contributed by atoms with Crippen molar-refractivity contribution in [3.05, 3.63) is 21.2 Å². The first-order valence-electron chi connectivity index (χ1n) is 5.24. The highest BCUT2D eigenvalue weighted by Crippen LogP contribution is 2.05. The molecule has 1 rings (SSSR count). The van der Waals surface area contributed by atoms with Gasteiger partial charge < -0.3 is 10.3 Å². The minimum absolute atomic E-state index is 0.234. The van der Waals surface area contributed by atoms with Gasteiger partial charge in [-0.2, -0.15) is 0 Å². The van der Waals surface area contributed by atoms with Crippen LogP contribution < -0.4 is 11.3 Å². The van der Waals surface area contributed by atoms with Gasteiger partial charge in [0, 0.05) is 12.6 Å². The van der Waals surface area contributed by atoms with Gasteiger partial charge in [0.25, 0.3) is 5.56 Å². The van der Waals surface area contributed by atoms with Crippen molar-refractivity contribution in [1.82, 2.24) is 9.55 Å². The number of unbranched alkanes of at least 4 members (excludes halogenated alkanes) is 3. The molecule has 5 heteroatoms. The molecule has 0 saturated heterocycles. The Morgan fingerprint density at radius 3 is 2.80 bits per heavy atom. The standard InChI is InChI=1S/C10H17N3OS/c1-2-3-4-5-6-13-8(11)7-9(14)12-10(13)15/h7H,2-6,11H2,1H3,(H,12,14,15). The summed E-state index contributed by atoms with van der Waals surface area (Å²) < 4.78 is 2.18. The van der Waals surface area contributed by atoms with E-state index >= 15 is 0 Å². The molecule has 0 aliphatic heterocycles. The third-order valence-corrected chi connectivity index (χ3v) is 2.62. The number of H-pyrrole nitrogens is 1. The molecule has 0 fully saturated rings. The van der Waals surface area contributed by atoms with E-state index in [-0.39, 0.29) is 5.56 Å². The van der Waals surface area contributed by atoms with Gasteiger partial charge in [0.05, 0.1) is 0 Å². The number of nitrogen functional groups attached to an aromatic ring is 1. The predicted molar refractivity (Wildman–Crippen MR) is 64.4 cm³/mol. The molecule has 1 aromatic heterocycles. The fourth-order valence-electron chi connectivity index (χ4n) is 1.47. The van der Waals surface area contributed by atoms with Crippen LogP contribution >= 0.6 is 12.2 Å². The van der Waals surface area contributed by atoms with Crippen molar-refractivity contribution >= 4 is 18.0 Å². The van der Waals surface area contributed by atoms with Crippen LogP contribution in [0.2, 0.25) is 0 Å². The Labute approximate surface area is 94.1 Å². The van der Waals surface area contributed by atoms with Crippen LogP contribution in [0.1, 0.15) is 32.6 Å². The molecule has 1 aromatic rings. The van der Waals surface area contributed by atoms with Crippen LogP contribution in [-0.4, -0.2) is 9.55 Å². The lowest BCUT2D eigenvalue weighted by molar-refractivity contribution is 0.574. The number of hydrogen-bond donors (Lipinski definition) is 2. The first kappa shape index (κ1) is 12.0. The van der Waals surface area contributed by atoms with E-state index in [0.717, 1.165) is 19.4 Å². The first-order chi connectivity index (χ1) is 7.15. The molecule has 1 heterocycles. The van der Waals surface area contributed by atoms with Gasteiger partial charge in [0.15, 0.2) is 4.77 Å². The van der Waals surface area contributed by atoms with E-state index < -0.39 is 0 Å². The van der Waals surface area contributed by atoms with Gasteiger partial charge in [-0.3, -0.25) is 9.78 Å². The van der Waals surface area contributed by atoms with Gasteiger partial charge in [-0.1, -0.05) is 26.2 Å². The molecule has 0 amide bonds. The highest BCUT2D eigenvalue weighted by molar-refractivity contribution is 7.71. The van der Waals surface area contributed by atoms with E-state index in [1.54, 1.807) is 4.57 Å². The summed E-state index contributed by atoms with van der Waals surface area (Å²) in [4.78, 5) is 13.6. The molecular weight excluding hydrogens is 210 g/mol. The van der Waals surface area contributed by atoms with Crippen LogP contribution in [0.25, 0.3) is 0 Å². The zero-order valence-corrected chi connectivity index (χ0v) is 9.77. The third-order valence-electron chi connectivity index (χ3n) is 2.30. The molecule has 0 bridgehead atoms. The highest BCUT2D eigenvalue weighted by Gasteiger charge is 1.99. The zero-order chi connectivity index (χ0) is 11.3. The molecule has 15 heavy (non-hydrogen) atoms. The highest BCUT2D eigenvalue weighted by atomic mass is 32.1. The molecule has 0 saturated carbocycles. The van der Waals surface area contributed by atoms with Crippen LogP contribution in [0.4, 0.5) is 5.82 Å². The Morgan fingerprint density at radius 1 is 1.47 bits per heavy atom. The van der Waals surface area contributed by atoms with Crippen molar-refractivity contribution in [1.29, 1.82) is 0 Å². The van der Waals surface area contributed by atoms with Crippen LogP contribution in [0.3, 0.4) is 0 Å². The SMILES string of the molecule is CCCCCCn1c(N)cc(=O)[nH]c1=S. The molecule has 0 aliphatic carbocycles. The van der Waals surface area contributed by atoms with Crippen LogP contribution in [-0.2, 0) is 6.54 Å². The Morgan fingerprint density at radius 2 is 2.20 bits per heavy atom. The topological polar surface area (TPSA) is 63.8 Å². The molecule has 0 aromatic carbocycles. The lowest BCUT2D eigenvalue weighted by Crippen LogP contribution is -2.16. The number of hydrogen-bond acceptors (Lipinski definition) is 3. The average molecular weight is 227 g/mol. The Kier molecular flexibility index (Phi) is 4.55. The summed E-state index contributed by atoms with van der Waals surface area (Å²) in [5, 5.41) is 0. The van der Waals surface area contributed by atoms with Crippen molar-refractivity contribution in [3.63, 3.8) is 0 Å². The quantitative estimate of drug-likeness (QED) is 0.598. The second-order valence-electron chi connectivity index (χ2n) is 3.58. The van der Waals surface area contributed by atoms with Gasteiger partial charge in [-0.15, -0.1) is 0 Å². The van der Waals surface area contributed by atoms with E-state index in [9.17, 15) is 4.79 Å². The molecule has 0 spiro atoms. The summed E-state index contributed by atoms with van der Waals surface area (Å²) >= 11 is 5.03. The number of aromatic amines is 1. The van der Waals surface area contributed by atoms with Crippen LogP contribution in [0, 0.1) is 4.77 Å². The number of aromatic nitrogens is 2. The number of anilines is 1. The number of rotatable bonds is 5. The summed E-state index contributed by atoms with van der Waals surface area (Å²) in [5.74, 6) is 0.445. The molecule has 3 N–H and O–H groups in total. The fourth-order valence-corrected chi connectivity index (χ4v) is 1.76. The third kappa shape index (κ3) is 3.51. The van der Waals surface area contributed by atoms with Crippen LogP contribution in [0.15, 0.2) is 10.9 Å². The molecule has 0 unspecified atom stereocenters. The molecule has 4 nitrogen and oxygen atoms in total. The van der Waals surface area contributed by atoms with E-state index in [2.05, 4.69) is 11.9 Å². The van der Waals surface area contributed by atoms with Crippen molar-refractivity contribution in [2.24, 2.45) is 0 Å². The lowest BCUT2D eigenvalue weighted by Gasteiger charge is -2.09. The van der Waals surface area contributed by atoms with E-state index in [4.69, 9.17) is 18.0 Å². The summed E-state index contributed by atoms with van der Waals surface area (Å²) in [6.45, 7) is 2.95. The van der Waals surface area contributed by atoms with E-state index in [1.165, 1.54) is 18.9 Å². The molecule has 0 atom stereocenters. The minimum atomic E-state index is -0.234. The smallest absolute Gasteiger partial charge is 0.253 e. The van der Waals surface area contributed by atoms with Gasteiger partial charge in [-0.25, -0.2) is 0 Å². The summed E-state index contributed by atoms with van der Waals surface area (Å²) in [6, 6.07) is 1.37. The fraction of sp³-hybridized carbons (Fsp3) is 0.600. The van der Waals surface area contributed by atoms with E-state index in [0.29, 0.717) is 10.6 Å². The van der Waals surface area contributed by atoms with Gasteiger partial charge in [-0.05, 0) is 18.6 Å². The Bertz CT molecular complexity index is 421. The van der Waals surface area contributed by atoms with Gasteiger partial charge in [0.1, 0.15) is 5.82 Å². The Balaban J connectivity index is 2.69. The molecule has 0 aliphatic rings. The van der Waals surface area contributed by atoms with Crippen molar-refractivity contribution < 1.29 is 0 Å². The number of nitrogens with one attached hydrogen (secondary N) is 1. The molecule has 84 valence electrons. The van der Waals surface area contributed by atoms with Gasteiger partial charge >= 0.3 is 0 Å². The predicted octanol–water partition coefficient (Wildman–Crippen LogP) is 2.07. The van der Waals surface area contributed by atoms with Crippen LogP contribution in [0.5, 0.6) is 0 Å². The average Bonchev–Trinajstić information content (AvgIpc) is 2.15. The van der Waals surface area contributed by atoms with Crippen molar-refractivity contribution in [2.45, 2.75) is 39.2 Å². The minimum Gasteiger partial charge on any atom is -0.385 e. The maximum atomic E-state index is 11.0. The number of nitrogens with zero attached hydrogens (tertiary/aromatic N) is 1. The summed E-state index contributed by atoms with van der Waals surface area (Å²) in [5.41, 5.74) is 5.48. The summed E-state index contributed by atoms with van der Waals surface area (Å²) in [7, 11) is 0.